The molecule has 0 fully saturated rings. The van der Waals surface area contributed by atoms with E-state index < -0.39 is 16.0 Å². The smallest absolute Gasteiger partial charge is 0.306 e. The van der Waals surface area contributed by atoms with E-state index in [-0.39, 0.29) is 24.4 Å². The lowest BCUT2D eigenvalue weighted by molar-refractivity contribution is -0.140. The number of esters is 1. The summed E-state index contributed by atoms with van der Waals surface area (Å²) < 4.78 is 35.5. The molecule has 1 rings (SSSR count). The summed E-state index contributed by atoms with van der Waals surface area (Å²) in [5.74, 6) is 0.148. The first-order chi connectivity index (χ1) is 9.45. The second kappa shape index (κ2) is 7.25. The predicted molar refractivity (Wildman–Crippen MR) is 74.1 cm³/mol. The number of sulfonamides is 1. The highest BCUT2D eigenvalue weighted by molar-refractivity contribution is 7.89. The van der Waals surface area contributed by atoms with Crippen LogP contribution in [0, 0.1) is 0 Å². The van der Waals surface area contributed by atoms with E-state index in [1.54, 1.807) is 19.1 Å². The maximum atomic E-state index is 12.4. The highest BCUT2D eigenvalue weighted by Crippen LogP contribution is 2.19. The average molecular weight is 301 g/mol. The topological polar surface area (TPSA) is 72.9 Å². The molecule has 0 bridgehead atoms. The van der Waals surface area contributed by atoms with Crippen LogP contribution in [-0.4, -0.2) is 46.0 Å². The van der Waals surface area contributed by atoms with Crippen molar-refractivity contribution in [2.45, 2.75) is 18.2 Å². The quantitative estimate of drug-likeness (QED) is 0.709. The minimum Gasteiger partial charge on any atom is -0.497 e. The van der Waals surface area contributed by atoms with Gasteiger partial charge in [0.25, 0.3) is 0 Å². The number of nitrogens with zero attached hydrogens (tertiary/aromatic N) is 1. The van der Waals surface area contributed by atoms with Gasteiger partial charge in [-0.2, -0.15) is 4.31 Å². The SMILES string of the molecule is CCN(CCC(=O)OC)S(=O)(=O)c1ccc(OC)cc1. The Morgan fingerprint density at radius 3 is 2.25 bits per heavy atom. The lowest BCUT2D eigenvalue weighted by Gasteiger charge is -2.20. The highest BCUT2D eigenvalue weighted by Gasteiger charge is 2.23. The van der Waals surface area contributed by atoms with Crippen LogP contribution in [0.15, 0.2) is 29.2 Å². The summed E-state index contributed by atoms with van der Waals surface area (Å²) in [5, 5.41) is 0. The molecule has 0 radical (unpaired) electrons. The van der Waals surface area contributed by atoms with Crippen molar-refractivity contribution in [3.8, 4) is 5.75 Å². The second-order valence-corrected chi connectivity index (χ2v) is 5.94. The van der Waals surface area contributed by atoms with E-state index >= 15 is 0 Å². The molecule has 0 aliphatic carbocycles. The van der Waals surface area contributed by atoms with Gasteiger partial charge in [-0.25, -0.2) is 8.42 Å². The van der Waals surface area contributed by atoms with Crippen molar-refractivity contribution in [2.24, 2.45) is 0 Å². The van der Waals surface area contributed by atoms with E-state index in [0.29, 0.717) is 5.75 Å². The molecular formula is C13H19NO5S. The molecule has 0 saturated heterocycles. The van der Waals surface area contributed by atoms with Crippen molar-refractivity contribution in [1.82, 2.24) is 4.31 Å². The Balaban J connectivity index is 2.90. The largest absolute Gasteiger partial charge is 0.497 e. The minimum atomic E-state index is -3.61. The van der Waals surface area contributed by atoms with Gasteiger partial charge in [-0.05, 0) is 24.3 Å². The van der Waals surface area contributed by atoms with Crippen LogP contribution < -0.4 is 4.74 Å². The van der Waals surface area contributed by atoms with Gasteiger partial charge in [0.15, 0.2) is 0 Å². The van der Waals surface area contributed by atoms with E-state index in [4.69, 9.17) is 4.74 Å². The van der Waals surface area contributed by atoms with Crippen LogP contribution in [0.3, 0.4) is 0 Å². The Morgan fingerprint density at radius 1 is 1.20 bits per heavy atom. The number of hydrogen-bond acceptors (Lipinski definition) is 5. The first-order valence-corrected chi connectivity index (χ1v) is 7.60. The van der Waals surface area contributed by atoms with Crippen molar-refractivity contribution >= 4 is 16.0 Å². The van der Waals surface area contributed by atoms with E-state index in [9.17, 15) is 13.2 Å². The van der Waals surface area contributed by atoms with Crippen molar-refractivity contribution in [2.75, 3.05) is 27.3 Å². The fraction of sp³-hybridized carbons (Fsp3) is 0.462. The van der Waals surface area contributed by atoms with Gasteiger partial charge < -0.3 is 9.47 Å². The molecule has 20 heavy (non-hydrogen) atoms. The van der Waals surface area contributed by atoms with Crippen LogP contribution in [0.25, 0.3) is 0 Å². The molecule has 0 spiro atoms. The predicted octanol–water partition coefficient (Wildman–Crippen LogP) is 1.27. The summed E-state index contributed by atoms with van der Waals surface area (Å²) in [6, 6.07) is 6.13. The lowest BCUT2D eigenvalue weighted by atomic mass is 10.3. The number of methoxy groups -OCH3 is 2. The molecule has 0 aliphatic rings. The van der Waals surface area contributed by atoms with E-state index in [1.165, 1.54) is 30.7 Å². The Kier molecular flexibility index (Phi) is 5.97. The Hall–Kier alpha value is -1.60. The van der Waals surface area contributed by atoms with Gasteiger partial charge in [-0.1, -0.05) is 6.92 Å². The Labute approximate surface area is 119 Å². The molecule has 1 aromatic carbocycles. The van der Waals surface area contributed by atoms with Crippen LogP contribution in [0.1, 0.15) is 13.3 Å². The maximum absolute atomic E-state index is 12.4. The fourth-order valence-electron chi connectivity index (χ4n) is 1.66. The molecule has 7 heteroatoms. The normalized spacial score (nSPS) is 11.4. The maximum Gasteiger partial charge on any atom is 0.306 e. The van der Waals surface area contributed by atoms with Gasteiger partial charge in [0.05, 0.1) is 25.5 Å². The van der Waals surface area contributed by atoms with Crippen LogP contribution in [-0.2, 0) is 19.6 Å². The number of benzene rings is 1. The van der Waals surface area contributed by atoms with Gasteiger partial charge in [0.1, 0.15) is 5.75 Å². The zero-order valence-corrected chi connectivity index (χ0v) is 12.6. The Bertz CT molecular complexity index is 538. The Morgan fingerprint density at radius 2 is 1.80 bits per heavy atom. The minimum absolute atomic E-state index is 0.0275. The first-order valence-electron chi connectivity index (χ1n) is 6.16. The molecule has 0 unspecified atom stereocenters. The molecule has 0 amide bonds. The fourth-order valence-corrected chi connectivity index (χ4v) is 3.11. The van der Waals surface area contributed by atoms with Crippen molar-refractivity contribution in [1.29, 1.82) is 0 Å². The third-order valence-electron chi connectivity index (χ3n) is 2.84. The van der Waals surface area contributed by atoms with E-state index in [0.717, 1.165) is 0 Å². The summed E-state index contributed by atoms with van der Waals surface area (Å²) in [6.07, 6.45) is 0.0275. The number of carbonyl (C=O) groups excluding carboxylic acids is 1. The molecule has 0 atom stereocenters. The van der Waals surface area contributed by atoms with Crippen LogP contribution in [0.2, 0.25) is 0 Å². The summed E-state index contributed by atoms with van der Waals surface area (Å²) in [5.41, 5.74) is 0. The lowest BCUT2D eigenvalue weighted by Crippen LogP contribution is -2.33. The summed E-state index contributed by atoms with van der Waals surface area (Å²) in [6.45, 7) is 2.10. The molecule has 0 N–H and O–H groups in total. The van der Waals surface area contributed by atoms with Crippen LogP contribution in [0.4, 0.5) is 0 Å². The molecule has 0 heterocycles. The number of carbonyl (C=O) groups is 1. The number of hydrogen-bond donors (Lipinski definition) is 0. The van der Waals surface area contributed by atoms with Crippen LogP contribution >= 0.6 is 0 Å². The highest BCUT2D eigenvalue weighted by atomic mass is 32.2. The van der Waals surface area contributed by atoms with Crippen molar-refractivity contribution < 1.29 is 22.7 Å². The van der Waals surface area contributed by atoms with Gasteiger partial charge in [0, 0.05) is 13.1 Å². The standard InChI is InChI=1S/C13H19NO5S/c1-4-14(10-9-13(15)19-3)20(16,17)12-7-5-11(18-2)6-8-12/h5-8H,4,9-10H2,1-3H3. The molecule has 1 aromatic rings. The van der Waals surface area contributed by atoms with Gasteiger partial charge in [0.2, 0.25) is 10.0 Å². The van der Waals surface area contributed by atoms with Crippen LogP contribution in [0.5, 0.6) is 5.75 Å². The molecular weight excluding hydrogens is 282 g/mol. The van der Waals surface area contributed by atoms with Gasteiger partial charge >= 0.3 is 5.97 Å². The zero-order valence-electron chi connectivity index (χ0n) is 11.8. The monoisotopic (exact) mass is 301 g/mol. The zero-order chi connectivity index (χ0) is 15.2. The number of ether oxygens (including phenoxy) is 2. The van der Waals surface area contributed by atoms with Crippen molar-refractivity contribution in [3.63, 3.8) is 0 Å². The molecule has 6 nitrogen and oxygen atoms in total. The van der Waals surface area contributed by atoms with E-state index in [2.05, 4.69) is 4.74 Å². The third-order valence-corrected chi connectivity index (χ3v) is 4.83. The molecule has 0 aromatic heterocycles. The molecule has 0 aliphatic heterocycles. The summed E-state index contributed by atoms with van der Waals surface area (Å²) in [7, 11) is -0.823. The molecule has 0 saturated carbocycles. The first kappa shape index (κ1) is 16.5. The summed E-state index contributed by atoms with van der Waals surface area (Å²) >= 11 is 0. The molecule has 112 valence electrons. The summed E-state index contributed by atoms with van der Waals surface area (Å²) in [4.78, 5) is 11.3. The third kappa shape index (κ3) is 3.94. The van der Waals surface area contributed by atoms with E-state index in [1.807, 2.05) is 0 Å². The second-order valence-electron chi connectivity index (χ2n) is 4.00. The van der Waals surface area contributed by atoms with Crippen molar-refractivity contribution in [3.05, 3.63) is 24.3 Å². The average Bonchev–Trinajstić information content (AvgIpc) is 2.47. The van der Waals surface area contributed by atoms with Gasteiger partial charge in [-0.15, -0.1) is 0 Å². The van der Waals surface area contributed by atoms with Gasteiger partial charge in [-0.3, -0.25) is 4.79 Å². The number of rotatable bonds is 7.